The molecule has 2 aliphatic heterocycles. The zero-order chi connectivity index (χ0) is 13.7. The molecule has 0 bridgehead atoms. The summed E-state index contributed by atoms with van der Waals surface area (Å²) in [5.41, 5.74) is 0. The number of ether oxygens (including phenoxy) is 2. The van der Waals surface area contributed by atoms with E-state index in [0.717, 1.165) is 51.9 Å². The van der Waals surface area contributed by atoms with Gasteiger partial charge in [0.15, 0.2) is 6.10 Å². The first-order valence-electron chi connectivity index (χ1n) is 7.41. The van der Waals surface area contributed by atoms with E-state index in [1.807, 2.05) is 0 Å². The number of hydrogen-bond donors (Lipinski definition) is 1. The lowest BCUT2D eigenvalue weighted by atomic mass is 10.1. The first kappa shape index (κ1) is 14.8. The predicted molar refractivity (Wildman–Crippen MR) is 71.2 cm³/mol. The summed E-state index contributed by atoms with van der Waals surface area (Å²) in [5.74, 6) is -0.828. The Morgan fingerprint density at radius 3 is 2.95 bits per heavy atom. The lowest BCUT2D eigenvalue weighted by Crippen LogP contribution is -2.43. The lowest BCUT2D eigenvalue weighted by Gasteiger charge is -2.33. The number of aliphatic carboxylic acids is 1. The SMILES string of the molecule is CCCOC1CCCN(CC2CCC(C(=O)O)O2)C1. The maximum absolute atomic E-state index is 10.9. The van der Waals surface area contributed by atoms with Crippen molar-refractivity contribution in [1.29, 1.82) is 0 Å². The molecular weight excluding hydrogens is 246 g/mol. The highest BCUT2D eigenvalue weighted by atomic mass is 16.5. The van der Waals surface area contributed by atoms with Crippen molar-refractivity contribution < 1.29 is 19.4 Å². The van der Waals surface area contributed by atoms with Gasteiger partial charge in [-0.25, -0.2) is 4.79 Å². The molecule has 5 nitrogen and oxygen atoms in total. The molecule has 2 fully saturated rings. The number of hydrogen-bond acceptors (Lipinski definition) is 4. The van der Waals surface area contributed by atoms with Crippen LogP contribution in [-0.2, 0) is 14.3 Å². The third-order valence-corrected chi connectivity index (χ3v) is 3.86. The van der Waals surface area contributed by atoms with Crippen LogP contribution in [0.2, 0.25) is 0 Å². The second kappa shape index (κ2) is 7.22. The van der Waals surface area contributed by atoms with Crippen LogP contribution in [0.1, 0.15) is 39.0 Å². The van der Waals surface area contributed by atoms with E-state index in [4.69, 9.17) is 14.6 Å². The highest BCUT2D eigenvalue weighted by Crippen LogP contribution is 2.22. The van der Waals surface area contributed by atoms with Crippen LogP contribution < -0.4 is 0 Å². The second-order valence-electron chi connectivity index (χ2n) is 5.56. The van der Waals surface area contributed by atoms with Gasteiger partial charge in [0.2, 0.25) is 0 Å². The number of carbonyl (C=O) groups is 1. The maximum atomic E-state index is 10.9. The molecule has 0 spiro atoms. The molecule has 2 saturated heterocycles. The minimum Gasteiger partial charge on any atom is -0.479 e. The molecule has 0 radical (unpaired) electrons. The van der Waals surface area contributed by atoms with Gasteiger partial charge in [0.05, 0.1) is 12.2 Å². The first-order valence-corrected chi connectivity index (χ1v) is 7.41. The lowest BCUT2D eigenvalue weighted by molar-refractivity contribution is -0.149. The van der Waals surface area contributed by atoms with Crippen molar-refractivity contribution >= 4 is 5.97 Å². The van der Waals surface area contributed by atoms with Gasteiger partial charge in [0.1, 0.15) is 0 Å². The van der Waals surface area contributed by atoms with Crippen molar-refractivity contribution in [3.8, 4) is 0 Å². The van der Waals surface area contributed by atoms with E-state index < -0.39 is 12.1 Å². The molecule has 0 amide bonds. The Morgan fingerprint density at radius 1 is 1.42 bits per heavy atom. The predicted octanol–water partition coefficient (Wildman–Crippen LogP) is 1.51. The molecule has 19 heavy (non-hydrogen) atoms. The fraction of sp³-hybridized carbons (Fsp3) is 0.929. The van der Waals surface area contributed by atoms with Crippen LogP contribution in [0.5, 0.6) is 0 Å². The standard InChI is InChI=1S/C14H25NO4/c1-2-8-18-11-4-3-7-15(9-11)10-12-5-6-13(19-12)14(16)17/h11-13H,2-10H2,1H3,(H,16,17). The van der Waals surface area contributed by atoms with Crippen molar-refractivity contribution in [3.63, 3.8) is 0 Å². The van der Waals surface area contributed by atoms with E-state index in [1.54, 1.807) is 0 Å². The molecule has 110 valence electrons. The highest BCUT2D eigenvalue weighted by Gasteiger charge is 2.32. The molecule has 0 saturated carbocycles. The van der Waals surface area contributed by atoms with E-state index in [0.29, 0.717) is 12.5 Å². The molecule has 0 aromatic carbocycles. The number of piperidine rings is 1. The molecular formula is C14H25NO4. The average Bonchev–Trinajstić information content (AvgIpc) is 2.85. The summed E-state index contributed by atoms with van der Waals surface area (Å²) in [5, 5.41) is 8.92. The van der Waals surface area contributed by atoms with Gasteiger partial charge in [-0.2, -0.15) is 0 Å². The molecule has 3 unspecified atom stereocenters. The molecule has 0 aromatic heterocycles. The highest BCUT2D eigenvalue weighted by molar-refractivity contribution is 5.72. The summed E-state index contributed by atoms with van der Waals surface area (Å²) >= 11 is 0. The Morgan fingerprint density at radius 2 is 2.26 bits per heavy atom. The summed E-state index contributed by atoms with van der Waals surface area (Å²) in [7, 11) is 0. The third-order valence-electron chi connectivity index (χ3n) is 3.86. The zero-order valence-electron chi connectivity index (χ0n) is 11.7. The Bertz CT molecular complexity index is 297. The Kier molecular flexibility index (Phi) is 5.60. The van der Waals surface area contributed by atoms with Gasteiger partial charge in [-0.15, -0.1) is 0 Å². The number of carboxylic acids is 1. The monoisotopic (exact) mass is 271 g/mol. The van der Waals surface area contributed by atoms with Crippen LogP contribution in [0.3, 0.4) is 0 Å². The van der Waals surface area contributed by atoms with Gasteiger partial charge in [0.25, 0.3) is 0 Å². The van der Waals surface area contributed by atoms with Crippen LogP contribution in [0.15, 0.2) is 0 Å². The number of nitrogens with zero attached hydrogens (tertiary/aromatic N) is 1. The Balaban J connectivity index is 1.72. The summed E-state index contributed by atoms with van der Waals surface area (Å²) in [4.78, 5) is 13.2. The normalized spacial score (nSPS) is 32.6. The molecule has 2 aliphatic rings. The van der Waals surface area contributed by atoms with Crippen molar-refractivity contribution in [3.05, 3.63) is 0 Å². The average molecular weight is 271 g/mol. The zero-order valence-corrected chi connectivity index (χ0v) is 11.7. The minimum absolute atomic E-state index is 0.0750. The molecule has 5 heteroatoms. The van der Waals surface area contributed by atoms with Gasteiger partial charge in [0, 0.05) is 19.7 Å². The van der Waals surface area contributed by atoms with Crippen LogP contribution in [-0.4, -0.2) is 60.5 Å². The fourth-order valence-electron chi connectivity index (χ4n) is 2.91. The van der Waals surface area contributed by atoms with Crippen molar-refractivity contribution in [2.75, 3.05) is 26.2 Å². The number of carboxylic acid groups (broad SMARTS) is 1. The van der Waals surface area contributed by atoms with Gasteiger partial charge in [-0.1, -0.05) is 6.92 Å². The molecule has 2 rings (SSSR count). The van der Waals surface area contributed by atoms with Crippen molar-refractivity contribution in [2.45, 2.75) is 57.3 Å². The summed E-state index contributed by atoms with van der Waals surface area (Å²) in [6.45, 7) is 5.83. The summed E-state index contributed by atoms with van der Waals surface area (Å²) in [6.07, 6.45) is 4.67. The van der Waals surface area contributed by atoms with Crippen LogP contribution in [0.4, 0.5) is 0 Å². The molecule has 0 aliphatic carbocycles. The topological polar surface area (TPSA) is 59.0 Å². The smallest absolute Gasteiger partial charge is 0.332 e. The van der Waals surface area contributed by atoms with Gasteiger partial charge >= 0.3 is 5.97 Å². The summed E-state index contributed by atoms with van der Waals surface area (Å²) in [6, 6.07) is 0. The molecule has 0 aromatic rings. The Labute approximate surface area is 114 Å². The fourth-order valence-corrected chi connectivity index (χ4v) is 2.91. The second-order valence-corrected chi connectivity index (χ2v) is 5.56. The van der Waals surface area contributed by atoms with Crippen molar-refractivity contribution in [2.24, 2.45) is 0 Å². The molecule has 3 atom stereocenters. The van der Waals surface area contributed by atoms with E-state index >= 15 is 0 Å². The number of rotatable bonds is 6. The van der Waals surface area contributed by atoms with E-state index in [-0.39, 0.29) is 6.10 Å². The van der Waals surface area contributed by atoms with E-state index in [2.05, 4.69) is 11.8 Å². The maximum Gasteiger partial charge on any atom is 0.332 e. The van der Waals surface area contributed by atoms with E-state index in [1.165, 1.54) is 0 Å². The van der Waals surface area contributed by atoms with Crippen LogP contribution in [0.25, 0.3) is 0 Å². The Hall–Kier alpha value is -0.650. The third kappa shape index (κ3) is 4.44. The van der Waals surface area contributed by atoms with Gasteiger partial charge < -0.3 is 14.6 Å². The summed E-state index contributed by atoms with van der Waals surface area (Å²) < 4.78 is 11.4. The largest absolute Gasteiger partial charge is 0.479 e. The van der Waals surface area contributed by atoms with Crippen LogP contribution in [0, 0.1) is 0 Å². The minimum atomic E-state index is -0.828. The van der Waals surface area contributed by atoms with Gasteiger partial charge in [-0.3, -0.25) is 4.90 Å². The first-order chi connectivity index (χ1) is 9.19. The van der Waals surface area contributed by atoms with Gasteiger partial charge in [-0.05, 0) is 38.6 Å². The quantitative estimate of drug-likeness (QED) is 0.793. The molecule has 2 heterocycles. The van der Waals surface area contributed by atoms with Crippen LogP contribution >= 0.6 is 0 Å². The van der Waals surface area contributed by atoms with E-state index in [9.17, 15) is 4.79 Å². The number of likely N-dealkylation sites (tertiary alicyclic amines) is 1. The molecule has 1 N–H and O–H groups in total. The van der Waals surface area contributed by atoms with Crippen molar-refractivity contribution in [1.82, 2.24) is 4.90 Å².